The van der Waals surface area contributed by atoms with Crippen LogP contribution in [0.15, 0.2) is 0 Å². The Bertz CT molecular complexity index is 186. The molecule has 0 saturated carbocycles. The van der Waals surface area contributed by atoms with E-state index in [9.17, 15) is 4.79 Å². The molecule has 2 N–H and O–H groups in total. The zero-order valence-electron chi connectivity index (χ0n) is 10.3. The van der Waals surface area contributed by atoms with E-state index in [4.69, 9.17) is 0 Å². The molecule has 84 valence electrons. The van der Waals surface area contributed by atoms with Crippen molar-refractivity contribution in [2.45, 2.75) is 47.1 Å². The zero-order chi connectivity index (χ0) is 11.4. The number of carbonyl (C=O) groups is 1. The minimum Gasteiger partial charge on any atom is -0.354 e. The van der Waals surface area contributed by atoms with Crippen molar-refractivity contribution in [1.82, 2.24) is 10.6 Å². The highest BCUT2D eigenvalue weighted by molar-refractivity contribution is 5.81. The van der Waals surface area contributed by atoms with Gasteiger partial charge in [-0.2, -0.15) is 0 Å². The van der Waals surface area contributed by atoms with Crippen LogP contribution in [-0.4, -0.2) is 24.5 Å². The number of carbonyl (C=O) groups excluding carboxylic acids is 1. The van der Waals surface area contributed by atoms with Crippen LogP contribution in [0.4, 0.5) is 0 Å². The summed E-state index contributed by atoms with van der Waals surface area (Å²) in [6.45, 7) is 13.6. The van der Waals surface area contributed by atoms with Crippen molar-refractivity contribution in [1.29, 1.82) is 0 Å². The Morgan fingerprint density at radius 3 is 1.86 bits per heavy atom. The maximum Gasteiger partial charge on any atom is 0.225 e. The molecule has 0 aromatic rings. The summed E-state index contributed by atoms with van der Waals surface area (Å²) in [5.74, 6) is 0.105. The topological polar surface area (TPSA) is 41.1 Å². The first-order valence-corrected chi connectivity index (χ1v) is 5.16. The van der Waals surface area contributed by atoms with Gasteiger partial charge in [0.25, 0.3) is 0 Å². The molecule has 0 fully saturated rings. The standard InChI is InChI=1S/C11H24N2O/c1-10(2,3)9(14)12-7-8-13-11(4,5)6/h13H,7-8H2,1-6H3,(H,12,14). The Labute approximate surface area is 87.6 Å². The summed E-state index contributed by atoms with van der Waals surface area (Å²) in [7, 11) is 0. The summed E-state index contributed by atoms with van der Waals surface area (Å²) in [5.41, 5.74) is -0.172. The predicted octanol–water partition coefficient (Wildman–Crippen LogP) is 1.54. The molecule has 0 aromatic heterocycles. The van der Waals surface area contributed by atoms with E-state index in [2.05, 4.69) is 31.4 Å². The maximum atomic E-state index is 11.5. The molecular formula is C11H24N2O. The Morgan fingerprint density at radius 2 is 1.50 bits per heavy atom. The fourth-order valence-corrected chi connectivity index (χ4v) is 0.879. The molecule has 0 aliphatic rings. The normalized spacial score (nSPS) is 12.7. The molecule has 3 nitrogen and oxygen atoms in total. The van der Waals surface area contributed by atoms with Gasteiger partial charge in [0.2, 0.25) is 5.91 Å². The van der Waals surface area contributed by atoms with Crippen molar-refractivity contribution >= 4 is 5.91 Å². The van der Waals surface area contributed by atoms with Crippen LogP contribution >= 0.6 is 0 Å². The highest BCUT2D eigenvalue weighted by Crippen LogP contribution is 2.11. The number of amides is 1. The van der Waals surface area contributed by atoms with E-state index < -0.39 is 0 Å². The second kappa shape index (κ2) is 4.78. The van der Waals surface area contributed by atoms with Gasteiger partial charge in [0.15, 0.2) is 0 Å². The maximum absolute atomic E-state index is 11.5. The fourth-order valence-electron chi connectivity index (χ4n) is 0.879. The van der Waals surface area contributed by atoms with Crippen molar-refractivity contribution in [2.75, 3.05) is 13.1 Å². The molecule has 14 heavy (non-hydrogen) atoms. The van der Waals surface area contributed by atoms with E-state index in [1.807, 2.05) is 20.8 Å². The Morgan fingerprint density at radius 1 is 1.00 bits per heavy atom. The van der Waals surface area contributed by atoms with Crippen molar-refractivity contribution in [3.63, 3.8) is 0 Å². The first-order valence-electron chi connectivity index (χ1n) is 5.16. The van der Waals surface area contributed by atoms with Crippen LogP contribution in [0.1, 0.15) is 41.5 Å². The van der Waals surface area contributed by atoms with Gasteiger partial charge in [-0.05, 0) is 20.8 Å². The van der Waals surface area contributed by atoms with Crippen molar-refractivity contribution in [3.05, 3.63) is 0 Å². The molecule has 0 spiro atoms. The highest BCUT2D eigenvalue weighted by Gasteiger charge is 2.20. The Hall–Kier alpha value is -0.570. The fraction of sp³-hybridized carbons (Fsp3) is 0.909. The van der Waals surface area contributed by atoms with Crippen molar-refractivity contribution in [2.24, 2.45) is 5.41 Å². The molecule has 3 heteroatoms. The van der Waals surface area contributed by atoms with Crippen LogP contribution < -0.4 is 10.6 Å². The van der Waals surface area contributed by atoms with Crippen molar-refractivity contribution in [3.8, 4) is 0 Å². The number of nitrogens with one attached hydrogen (secondary N) is 2. The lowest BCUT2D eigenvalue weighted by atomic mass is 9.96. The summed E-state index contributed by atoms with van der Waals surface area (Å²) in [5, 5.41) is 6.21. The van der Waals surface area contributed by atoms with Gasteiger partial charge < -0.3 is 10.6 Å². The molecule has 0 unspecified atom stereocenters. The van der Waals surface area contributed by atoms with Crippen LogP contribution in [0.5, 0.6) is 0 Å². The van der Waals surface area contributed by atoms with Gasteiger partial charge in [0, 0.05) is 24.0 Å². The smallest absolute Gasteiger partial charge is 0.225 e. The molecule has 0 atom stereocenters. The molecule has 0 bridgehead atoms. The van der Waals surface area contributed by atoms with Crippen molar-refractivity contribution < 1.29 is 4.79 Å². The van der Waals surface area contributed by atoms with Gasteiger partial charge in [-0.1, -0.05) is 20.8 Å². The van der Waals surface area contributed by atoms with Crippen LogP contribution in [0.2, 0.25) is 0 Å². The third kappa shape index (κ3) is 6.89. The van der Waals surface area contributed by atoms with Gasteiger partial charge in [0.05, 0.1) is 0 Å². The molecule has 1 amide bonds. The lowest BCUT2D eigenvalue weighted by Crippen LogP contribution is -2.43. The van der Waals surface area contributed by atoms with Crippen LogP contribution in [0, 0.1) is 5.41 Å². The molecule has 0 saturated heterocycles. The number of hydrogen-bond donors (Lipinski definition) is 2. The Balaban J connectivity index is 3.62. The Kier molecular flexibility index (Phi) is 4.59. The second-order valence-corrected chi connectivity index (χ2v) is 5.68. The summed E-state index contributed by atoms with van der Waals surface area (Å²) in [4.78, 5) is 11.5. The van der Waals surface area contributed by atoms with E-state index >= 15 is 0 Å². The summed E-state index contributed by atoms with van der Waals surface area (Å²) < 4.78 is 0. The van der Waals surface area contributed by atoms with Crippen LogP contribution in [0.3, 0.4) is 0 Å². The lowest BCUT2D eigenvalue weighted by Gasteiger charge is -2.22. The van der Waals surface area contributed by atoms with E-state index in [1.54, 1.807) is 0 Å². The first kappa shape index (κ1) is 13.4. The van der Waals surface area contributed by atoms with Crippen LogP contribution in [0.25, 0.3) is 0 Å². The summed E-state index contributed by atoms with van der Waals surface area (Å²) in [6.07, 6.45) is 0. The highest BCUT2D eigenvalue weighted by atomic mass is 16.2. The molecule has 0 rings (SSSR count). The average Bonchev–Trinajstić information content (AvgIpc) is 1.93. The lowest BCUT2D eigenvalue weighted by molar-refractivity contribution is -0.128. The number of hydrogen-bond acceptors (Lipinski definition) is 2. The molecular weight excluding hydrogens is 176 g/mol. The molecule has 0 radical (unpaired) electrons. The minimum atomic E-state index is -0.290. The van der Waals surface area contributed by atoms with Gasteiger partial charge in [-0.3, -0.25) is 4.79 Å². The van der Waals surface area contributed by atoms with Gasteiger partial charge >= 0.3 is 0 Å². The monoisotopic (exact) mass is 200 g/mol. The predicted molar refractivity (Wildman–Crippen MR) is 60.2 cm³/mol. The third-order valence-corrected chi connectivity index (χ3v) is 1.75. The van der Waals surface area contributed by atoms with Gasteiger partial charge in [0.1, 0.15) is 0 Å². The summed E-state index contributed by atoms with van der Waals surface area (Å²) in [6, 6.07) is 0. The van der Waals surface area contributed by atoms with E-state index in [-0.39, 0.29) is 16.9 Å². The summed E-state index contributed by atoms with van der Waals surface area (Å²) >= 11 is 0. The molecule has 0 aliphatic carbocycles. The van der Waals surface area contributed by atoms with E-state index in [1.165, 1.54) is 0 Å². The number of rotatable bonds is 3. The SMILES string of the molecule is CC(C)(C)NCCNC(=O)C(C)(C)C. The molecule has 0 aliphatic heterocycles. The van der Waals surface area contributed by atoms with E-state index in [0.29, 0.717) is 6.54 Å². The van der Waals surface area contributed by atoms with Gasteiger partial charge in [-0.15, -0.1) is 0 Å². The average molecular weight is 200 g/mol. The molecule has 0 heterocycles. The minimum absolute atomic E-state index is 0.105. The van der Waals surface area contributed by atoms with Crippen LogP contribution in [-0.2, 0) is 4.79 Å². The zero-order valence-corrected chi connectivity index (χ0v) is 10.3. The third-order valence-electron chi connectivity index (χ3n) is 1.75. The quantitative estimate of drug-likeness (QED) is 0.678. The van der Waals surface area contributed by atoms with Gasteiger partial charge in [-0.25, -0.2) is 0 Å². The molecule has 0 aromatic carbocycles. The second-order valence-electron chi connectivity index (χ2n) is 5.68. The van der Waals surface area contributed by atoms with E-state index in [0.717, 1.165) is 6.54 Å². The first-order chi connectivity index (χ1) is 6.13. The largest absolute Gasteiger partial charge is 0.354 e.